The van der Waals surface area contributed by atoms with Crippen molar-refractivity contribution in [1.29, 1.82) is 0 Å². The van der Waals surface area contributed by atoms with Gasteiger partial charge in [0.2, 0.25) is 5.91 Å². The van der Waals surface area contributed by atoms with Crippen LogP contribution in [0.3, 0.4) is 0 Å². The van der Waals surface area contributed by atoms with E-state index in [1.54, 1.807) is 19.4 Å². The van der Waals surface area contributed by atoms with Crippen LogP contribution in [-0.4, -0.2) is 31.5 Å². The summed E-state index contributed by atoms with van der Waals surface area (Å²) in [7, 11) is 1.57. The van der Waals surface area contributed by atoms with Crippen molar-refractivity contribution in [2.45, 2.75) is 25.9 Å². The minimum absolute atomic E-state index is 0.0861. The number of rotatable bonds is 8. The van der Waals surface area contributed by atoms with E-state index in [1.807, 2.05) is 31.2 Å². The maximum Gasteiger partial charge on any atom is 0.278 e. The molecule has 2 aromatic carbocycles. The van der Waals surface area contributed by atoms with Crippen LogP contribution in [0, 0.1) is 17.5 Å². The Labute approximate surface area is 166 Å². The van der Waals surface area contributed by atoms with E-state index < -0.39 is 47.5 Å². The number of quaternary nitrogens is 1. The van der Waals surface area contributed by atoms with Crippen LogP contribution >= 0.6 is 0 Å². The van der Waals surface area contributed by atoms with E-state index in [1.165, 1.54) is 0 Å². The lowest BCUT2D eigenvalue weighted by Gasteiger charge is -2.18. The standard InChI is InChI=1S/C20H22F3N3O3/c1-11(13-6-4-5-7-16(13)29-3)25-12(2)20(28)24-10-17(27)26-15-9-8-14(21)18(22)19(15)23/h4-9,11-12,25H,10H2,1-3H3,(H,24,28)(H,26,27)/p+1/t11-,12+/m0/s1. The highest BCUT2D eigenvalue weighted by atomic mass is 19.2. The third kappa shape index (κ3) is 5.71. The van der Waals surface area contributed by atoms with Crippen LogP contribution < -0.4 is 20.7 Å². The van der Waals surface area contributed by atoms with Gasteiger partial charge in [-0.1, -0.05) is 12.1 Å². The van der Waals surface area contributed by atoms with E-state index in [-0.39, 0.29) is 6.04 Å². The van der Waals surface area contributed by atoms with Crippen molar-refractivity contribution in [1.82, 2.24) is 5.32 Å². The maximum absolute atomic E-state index is 13.6. The van der Waals surface area contributed by atoms with Crippen LogP contribution in [-0.2, 0) is 9.59 Å². The molecular weight excluding hydrogens is 387 g/mol. The first kappa shape index (κ1) is 22.2. The summed E-state index contributed by atoms with van der Waals surface area (Å²) in [6.45, 7) is 3.15. The number of hydrogen-bond donors (Lipinski definition) is 3. The molecule has 0 aliphatic carbocycles. The Hall–Kier alpha value is -3.07. The number of amides is 2. The second kappa shape index (κ2) is 9.92. The van der Waals surface area contributed by atoms with E-state index in [4.69, 9.17) is 4.74 Å². The van der Waals surface area contributed by atoms with E-state index in [9.17, 15) is 22.8 Å². The Kier molecular flexibility index (Phi) is 7.60. The van der Waals surface area contributed by atoms with E-state index in [0.29, 0.717) is 11.8 Å². The fourth-order valence-electron chi connectivity index (χ4n) is 2.81. The van der Waals surface area contributed by atoms with Gasteiger partial charge in [-0.25, -0.2) is 13.2 Å². The maximum atomic E-state index is 13.6. The van der Waals surface area contributed by atoms with Crippen LogP contribution in [0.1, 0.15) is 25.5 Å². The Bertz CT molecular complexity index is 893. The first-order valence-electron chi connectivity index (χ1n) is 8.93. The number of benzene rings is 2. The second-order valence-corrected chi connectivity index (χ2v) is 6.50. The van der Waals surface area contributed by atoms with Gasteiger partial charge in [0.1, 0.15) is 11.8 Å². The number of anilines is 1. The number of carbonyl (C=O) groups is 2. The number of hydrogen-bond acceptors (Lipinski definition) is 3. The van der Waals surface area contributed by atoms with Gasteiger partial charge in [-0.3, -0.25) is 9.59 Å². The number of ether oxygens (including phenoxy) is 1. The zero-order chi connectivity index (χ0) is 21.6. The van der Waals surface area contributed by atoms with Crippen LogP contribution in [0.5, 0.6) is 5.75 Å². The van der Waals surface area contributed by atoms with Crippen LogP contribution in [0.2, 0.25) is 0 Å². The van der Waals surface area contributed by atoms with Gasteiger partial charge in [-0.05, 0) is 38.1 Å². The lowest BCUT2D eigenvalue weighted by atomic mass is 10.1. The number of para-hydroxylation sites is 1. The van der Waals surface area contributed by atoms with Gasteiger partial charge < -0.3 is 20.7 Å². The van der Waals surface area contributed by atoms with Crippen LogP contribution in [0.4, 0.5) is 18.9 Å². The topological polar surface area (TPSA) is 84.0 Å². The highest BCUT2D eigenvalue weighted by molar-refractivity contribution is 5.95. The van der Waals surface area contributed by atoms with E-state index in [0.717, 1.165) is 11.6 Å². The van der Waals surface area contributed by atoms with Crippen molar-refractivity contribution in [3.05, 3.63) is 59.4 Å². The lowest BCUT2D eigenvalue weighted by Crippen LogP contribution is -2.92. The first-order chi connectivity index (χ1) is 13.7. The van der Waals surface area contributed by atoms with Gasteiger partial charge in [-0.15, -0.1) is 0 Å². The Morgan fingerprint density at radius 2 is 1.76 bits per heavy atom. The average molecular weight is 410 g/mol. The van der Waals surface area contributed by atoms with Crippen molar-refractivity contribution in [2.75, 3.05) is 19.0 Å². The van der Waals surface area contributed by atoms with Gasteiger partial charge in [-0.2, -0.15) is 0 Å². The van der Waals surface area contributed by atoms with Crippen molar-refractivity contribution >= 4 is 17.5 Å². The molecule has 0 aliphatic heterocycles. The van der Waals surface area contributed by atoms with E-state index >= 15 is 0 Å². The summed E-state index contributed by atoms with van der Waals surface area (Å²) in [6.07, 6.45) is 0. The Morgan fingerprint density at radius 3 is 2.45 bits per heavy atom. The lowest BCUT2D eigenvalue weighted by molar-refractivity contribution is -0.710. The molecule has 0 aliphatic rings. The van der Waals surface area contributed by atoms with Gasteiger partial charge in [0.25, 0.3) is 5.91 Å². The Balaban J connectivity index is 1.88. The quantitative estimate of drug-likeness (QED) is 0.581. The number of carbonyl (C=O) groups excluding carboxylic acids is 2. The summed E-state index contributed by atoms with van der Waals surface area (Å²) in [5.41, 5.74) is 0.411. The molecule has 2 aromatic rings. The van der Waals surface area contributed by atoms with Gasteiger partial charge in [0.15, 0.2) is 23.5 Å². The molecule has 2 amide bonds. The van der Waals surface area contributed by atoms with Gasteiger partial charge in [0, 0.05) is 0 Å². The van der Waals surface area contributed by atoms with Crippen molar-refractivity contribution < 1.29 is 32.8 Å². The minimum Gasteiger partial charge on any atom is -0.496 e. The van der Waals surface area contributed by atoms with Crippen molar-refractivity contribution in [2.24, 2.45) is 0 Å². The van der Waals surface area contributed by atoms with Crippen molar-refractivity contribution in [3.63, 3.8) is 0 Å². The minimum atomic E-state index is -1.68. The molecule has 2 atom stereocenters. The molecule has 0 aromatic heterocycles. The molecule has 9 heteroatoms. The molecule has 0 heterocycles. The Morgan fingerprint density at radius 1 is 1.07 bits per heavy atom. The largest absolute Gasteiger partial charge is 0.496 e. The van der Waals surface area contributed by atoms with Gasteiger partial charge >= 0.3 is 0 Å². The number of halogens is 3. The molecule has 0 fully saturated rings. The van der Waals surface area contributed by atoms with Gasteiger partial charge in [0.05, 0.1) is 24.9 Å². The molecule has 0 bridgehead atoms. The number of nitrogens with two attached hydrogens (primary N) is 1. The molecule has 156 valence electrons. The fourth-order valence-corrected chi connectivity index (χ4v) is 2.81. The molecule has 0 saturated heterocycles. The third-order valence-corrected chi connectivity index (χ3v) is 4.35. The third-order valence-electron chi connectivity index (χ3n) is 4.35. The monoisotopic (exact) mass is 410 g/mol. The molecule has 0 unspecified atom stereocenters. The number of nitrogens with one attached hydrogen (secondary N) is 2. The smallest absolute Gasteiger partial charge is 0.278 e. The molecule has 29 heavy (non-hydrogen) atoms. The predicted molar refractivity (Wildman–Crippen MR) is 101 cm³/mol. The molecule has 2 rings (SSSR count). The first-order valence-corrected chi connectivity index (χ1v) is 8.93. The van der Waals surface area contributed by atoms with Crippen LogP contribution in [0.15, 0.2) is 36.4 Å². The highest BCUT2D eigenvalue weighted by Crippen LogP contribution is 2.22. The van der Waals surface area contributed by atoms with Crippen LogP contribution in [0.25, 0.3) is 0 Å². The SMILES string of the molecule is COc1ccccc1[C@H](C)[NH2+][C@H](C)C(=O)NCC(=O)Nc1ccc(F)c(F)c1F. The molecular formula is C20H23F3N3O3+. The molecule has 4 N–H and O–H groups in total. The summed E-state index contributed by atoms with van der Waals surface area (Å²) in [5.74, 6) is -5.02. The van der Waals surface area contributed by atoms with E-state index in [2.05, 4.69) is 10.6 Å². The predicted octanol–water partition coefficient (Wildman–Crippen LogP) is 1.88. The summed E-state index contributed by atoms with van der Waals surface area (Å²) >= 11 is 0. The average Bonchev–Trinajstić information content (AvgIpc) is 2.72. The zero-order valence-corrected chi connectivity index (χ0v) is 16.3. The molecule has 0 spiro atoms. The summed E-state index contributed by atoms with van der Waals surface area (Å²) < 4.78 is 45.0. The summed E-state index contributed by atoms with van der Waals surface area (Å²) in [5, 5.41) is 6.33. The normalized spacial score (nSPS) is 12.8. The zero-order valence-electron chi connectivity index (χ0n) is 16.3. The van der Waals surface area contributed by atoms with Crippen molar-refractivity contribution in [3.8, 4) is 5.75 Å². The second-order valence-electron chi connectivity index (χ2n) is 6.50. The summed E-state index contributed by atoms with van der Waals surface area (Å²) in [6, 6.07) is 8.43. The summed E-state index contributed by atoms with van der Waals surface area (Å²) in [4.78, 5) is 24.1. The fraction of sp³-hybridized carbons (Fsp3) is 0.300. The molecule has 6 nitrogen and oxygen atoms in total. The number of methoxy groups -OCH3 is 1. The highest BCUT2D eigenvalue weighted by Gasteiger charge is 2.23. The molecule has 0 saturated carbocycles. The molecule has 0 radical (unpaired) electrons.